The molecule has 0 N–H and O–H groups in total. The van der Waals surface area contributed by atoms with E-state index in [4.69, 9.17) is 19.4 Å². The van der Waals surface area contributed by atoms with Crippen molar-refractivity contribution in [2.24, 2.45) is 0 Å². The van der Waals surface area contributed by atoms with Gasteiger partial charge in [-0.15, -0.1) is 0 Å². The molecule has 53 heavy (non-hydrogen) atoms. The highest BCUT2D eigenvalue weighted by Gasteiger charge is 2.21. The molecule has 2 aromatic heterocycles. The van der Waals surface area contributed by atoms with E-state index in [0.717, 1.165) is 62.6 Å². The van der Waals surface area contributed by atoms with Crippen molar-refractivity contribution < 1.29 is 4.42 Å². The zero-order valence-corrected chi connectivity index (χ0v) is 28.8. The molecular formula is C49H31N3O. The number of fused-ring (bicyclic) bond motifs is 9. The van der Waals surface area contributed by atoms with Gasteiger partial charge < -0.3 is 4.42 Å². The predicted octanol–water partition coefficient (Wildman–Crippen LogP) is 12.9. The molecule has 0 spiro atoms. The highest BCUT2D eigenvalue weighted by atomic mass is 16.3. The summed E-state index contributed by atoms with van der Waals surface area (Å²) in [5, 5.41) is 10.6. The lowest BCUT2D eigenvalue weighted by Gasteiger charge is -2.14. The fraction of sp³-hybridized carbons (Fsp3) is 0.0408. The lowest BCUT2D eigenvalue weighted by molar-refractivity contribution is 0.546. The van der Waals surface area contributed by atoms with E-state index in [1.165, 1.54) is 43.4 Å². The molecule has 0 fully saturated rings. The molecule has 0 bridgehead atoms. The van der Waals surface area contributed by atoms with E-state index < -0.39 is 0 Å². The van der Waals surface area contributed by atoms with Crippen LogP contribution in [0, 0.1) is 0 Å². The van der Waals surface area contributed by atoms with Gasteiger partial charge in [0.15, 0.2) is 17.5 Å². The Morgan fingerprint density at radius 3 is 1.85 bits per heavy atom. The van der Waals surface area contributed by atoms with Crippen molar-refractivity contribution in [3.63, 3.8) is 0 Å². The third-order valence-electron chi connectivity index (χ3n) is 10.8. The van der Waals surface area contributed by atoms with Gasteiger partial charge >= 0.3 is 0 Å². The van der Waals surface area contributed by atoms with Gasteiger partial charge in [0.25, 0.3) is 0 Å². The minimum atomic E-state index is 0.640. The zero-order chi connectivity index (χ0) is 34.9. The maximum Gasteiger partial charge on any atom is 0.164 e. The standard InChI is InChI=1S/C49H31N3O/c1-2-13-32(14-3-1)47-50-48(52-49(51-47)41-23-10-20-38-37(41)29-28-31-27-26-30-12-4-5-15-33(30)45(31)38)40-22-9-17-34-35(18-8-19-36(34)40)39-21-11-25-44-46(39)42-16-6-7-24-43(42)53-44/h1-6,8-23,25-29H,7,24H2. The second-order valence-corrected chi connectivity index (χ2v) is 13.8. The second kappa shape index (κ2) is 11.8. The minimum absolute atomic E-state index is 0.640. The van der Waals surface area contributed by atoms with E-state index in [1.54, 1.807) is 0 Å². The predicted molar refractivity (Wildman–Crippen MR) is 219 cm³/mol. The summed E-state index contributed by atoms with van der Waals surface area (Å²) in [5.74, 6) is 3.00. The minimum Gasteiger partial charge on any atom is -0.460 e. The summed E-state index contributed by atoms with van der Waals surface area (Å²) in [4.78, 5) is 15.6. The van der Waals surface area contributed by atoms with Gasteiger partial charge in [-0.3, -0.25) is 0 Å². The first kappa shape index (κ1) is 29.8. The van der Waals surface area contributed by atoms with E-state index in [0.29, 0.717) is 17.5 Å². The van der Waals surface area contributed by atoms with Crippen LogP contribution in [-0.4, -0.2) is 15.0 Å². The number of aromatic nitrogens is 3. The Hall–Kier alpha value is -6.91. The summed E-state index contributed by atoms with van der Waals surface area (Å²) >= 11 is 0. The van der Waals surface area contributed by atoms with Crippen molar-refractivity contribution in [3.05, 3.63) is 169 Å². The van der Waals surface area contributed by atoms with Gasteiger partial charge in [0, 0.05) is 34.1 Å². The Labute approximate surface area is 305 Å². The van der Waals surface area contributed by atoms with Crippen molar-refractivity contribution >= 4 is 60.1 Å². The number of rotatable bonds is 4. The summed E-state index contributed by atoms with van der Waals surface area (Å²) in [7, 11) is 0. The van der Waals surface area contributed by atoms with Gasteiger partial charge in [0.05, 0.1) is 0 Å². The first-order valence-electron chi connectivity index (χ1n) is 18.2. The number of furan rings is 1. The number of hydrogen-bond donors (Lipinski definition) is 0. The van der Waals surface area contributed by atoms with E-state index in [-0.39, 0.29) is 0 Å². The molecule has 0 atom stereocenters. The van der Waals surface area contributed by atoms with E-state index in [1.807, 2.05) is 18.2 Å². The largest absolute Gasteiger partial charge is 0.460 e. The maximum atomic E-state index is 6.37. The Kier molecular flexibility index (Phi) is 6.65. The summed E-state index contributed by atoms with van der Waals surface area (Å²) in [6.45, 7) is 0. The van der Waals surface area contributed by atoms with Crippen LogP contribution in [0.1, 0.15) is 17.7 Å². The number of aryl methyl sites for hydroxylation is 1. The topological polar surface area (TPSA) is 51.8 Å². The molecule has 11 rings (SSSR count). The fourth-order valence-corrected chi connectivity index (χ4v) is 8.35. The molecule has 4 heteroatoms. The summed E-state index contributed by atoms with van der Waals surface area (Å²) in [6, 6.07) is 53.5. The Morgan fingerprint density at radius 2 is 1.02 bits per heavy atom. The molecule has 0 aliphatic heterocycles. The molecular weight excluding hydrogens is 647 g/mol. The summed E-state index contributed by atoms with van der Waals surface area (Å²) < 4.78 is 6.37. The molecule has 1 aliphatic rings. The molecule has 248 valence electrons. The van der Waals surface area contributed by atoms with Crippen LogP contribution in [0.15, 0.2) is 162 Å². The molecule has 1 aliphatic carbocycles. The van der Waals surface area contributed by atoms with Crippen molar-refractivity contribution in [2.45, 2.75) is 12.8 Å². The SMILES string of the molecule is C1=Cc2c(oc3cccc(-c4cccc5c(-c6nc(-c7ccccc7)nc(-c7cccc8c7ccc7ccc9ccccc9c78)n6)cccc45)c23)CC1. The van der Waals surface area contributed by atoms with Gasteiger partial charge in [-0.1, -0.05) is 158 Å². The van der Waals surface area contributed by atoms with Gasteiger partial charge in [-0.25, -0.2) is 15.0 Å². The molecule has 0 radical (unpaired) electrons. The van der Waals surface area contributed by atoms with Crippen LogP contribution in [0.3, 0.4) is 0 Å². The Balaban J connectivity index is 1.15. The van der Waals surface area contributed by atoms with Crippen LogP contribution < -0.4 is 0 Å². The molecule has 2 heterocycles. The molecule has 10 aromatic rings. The fourth-order valence-electron chi connectivity index (χ4n) is 8.35. The first-order chi connectivity index (χ1) is 26.3. The number of hydrogen-bond acceptors (Lipinski definition) is 4. The lowest BCUT2D eigenvalue weighted by atomic mass is 9.91. The zero-order valence-electron chi connectivity index (χ0n) is 28.8. The summed E-state index contributed by atoms with van der Waals surface area (Å²) in [5.41, 5.74) is 7.33. The van der Waals surface area contributed by atoms with Crippen LogP contribution in [-0.2, 0) is 6.42 Å². The monoisotopic (exact) mass is 677 g/mol. The molecule has 4 nitrogen and oxygen atoms in total. The van der Waals surface area contributed by atoms with Gasteiger partial charge in [0.1, 0.15) is 11.3 Å². The molecule has 8 aromatic carbocycles. The third-order valence-corrected chi connectivity index (χ3v) is 10.8. The Morgan fingerprint density at radius 1 is 0.415 bits per heavy atom. The van der Waals surface area contributed by atoms with Crippen LogP contribution in [0.4, 0.5) is 0 Å². The van der Waals surface area contributed by atoms with Gasteiger partial charge in [0.2, 0.25) is 0 Å². The van der Waals surface area contributed by atoms with E-state index in [9.17, 15) is 0 Å². The van der Waals surface area contributed by atoms with Crippen LogP contribution in [0.2, 0.25) is 0 Å². The van der Waals surface area contributed by atoms with Crippen LogP contribution >= 0.6 is 0 Å². The third kappa shape index (κ3) is 4.73. The molecule has 0 saturated heterocycles. The Bertz CT molecular complexity index is 3120. The highest BCUT2D eigenvalue weighted by molar-refractivity contribution is 6.22. The van der Waals surface area contributed by atoms with Crippen molar-refractivity contribution in [2.75, 3.05) is 0 Å². The van der Waals surface area contributed by atoms with Gasteiger partial charge in [-0.2, -0.15) is 0 Å². The lowest BCUT2D eigenvalue weighted by Crippen LogP contribution is -2.01. The molecule has 0 amide bonds. The van der Waals surface area contributed by atoms with Gasteiger partial charge in [-0.05, 0) is 66.7 Å². The molecule has 0 unspecified atom stereocenters. The normalized spacial score (nSPS) is 12.7. The van der Waals surface area contributed by atoms with Crippen molar-refractivity contribution in [3.8, 4) is 45.3 Å². The van der Waals surface area contributed by atoms with Crippen LogP contribution in [0.5, 0.6) is 0 Å². The second-order valence-electron chi connectivity index (χ2n) is 13.8. The molecule has 0 saturated carbocycles. The highest BCUT2D eigenvalue weighted by Crippen LogP contribution is 2.42. The quantitative estimate of drug-likeness (QED) is 0.174. The number of benzene rings is 8. The summed E-state index contributed by atoms with van der Waals surface area (Å²) in [6.07, 6.45) is 6.40. The average Bonchev–Trinajstić information content (AvgIpc) is 3.62. The smallest absolute Gasteiger partial charge is 0.164 e. The van der Waals surface area contributed by atoms with Crippen molar-refractivity contribution in [1.29, 1.82) is 0 Å². The van der Waals surface area contributed by atoms with Crippen molar-refractivity contribution in [1.82, 2.24) is 15.0 Å². The average molecular weight is 678 g/mol. The van der Waals surface area contributed by atoms with Crippen LogP contribution in [0.25, 0.3) is 105 Å². The number of nitrogens with zero attached hydrogens (tertiary/aromatic N) is 3. The number of allylic oxidation sites excluding steroid dienone is 1. The first-order valence-corrected chi connectivity index (χ1v) is 18.2. The van der Waals surface area contributed by atoms with E-state index >= 15 is 0 Å². The maximum absolute atomic E-state index is 6.37. The van der Waals surface area contributed by atoms with E-state index in [2.05, 4.69) is 146 Å².